The summed E-state index contributed by atoms with van der Waals surface area (Å²) in [4.78, 5) is 36.3. The van der Waals surface area contributed by atoms with E-state index in [-0.39, 0.29) is 30.4 Å². The summed E-state index contributed by atoms with van der Waals surface area (Å²) in [6.07, 6.45) is 4.96. The van der Waals surface area contributed by atoms with Crippen LogP contribution >= 0.6 is 0 Å². The normalized spacial score (nSPS) is 14.2. The summed E-state index contributed by atoms with van der Waals surface area (Å²) < 4.78 is 25.1. The first kappa shape index (κ1) is 27.2. The van der Waals surface area contributed by atoms with E-state index in [9.17, 15) is 18.0 Å². The fraction of sp³-hybridized carbons (Fsp3) is 0.357. The van der Waals surface area contributed by atoms with Gasteiger partial charge in [0.1, 0.15) is 0 Å². The van der Waals surface area contributed by atoms with Gasteiger partial charge in [-0.2, -0.15) is 0 Å². The molecule has 1 N–H and O–H groups in total. The molecule has 3 heterocycles. The predicted molar refractivity (Wildman–Crippen MR) is 147 cm³/mol. The number of nitrogens with zero attached hydrogens (tertiary/aromatic N) is 4. The molecule has 1 aliphatic rings. The number of carbonyl (C=O) groups excluding carboxylic acids is 2. The molecular weight excluding hydrogens is 502 g/mol. The van der Waals surface area contributed by atoms with E-state index in [1.807, 2.05) is 29.7 Å². The standard InChI is InChI=1S/C28H31N5O4S/c1-4-38(36,37)15-12-30-26(35)17-21-16-24-28(31-18-21)27(25(34)19-32-13-6-5-7-14-32)20(2)33(24)23-10-8-22(29-3)9-11-23/h4,8-11,16,18H,1,5-7,12-15,17,19H2,2H3,(H,30,35). The number of nitrogens with one attached hydrogen (secondary N) is 1. The third-order valence-corrected chi connectivity index (χ3v) is 8.04. The summed E-state index contributed by atoms with van der Waals surface area (Å²) in [7, 11) is -3.40. The van der Waals surface area contributed by atoms with E-state index in [0.29, 0.717) is 34.4 Å². The number of benzene rings is 1. The number of hydrogen-bond donors (Lipinski definition) is 1. The van der Waals surface area contributed by atoms with Gasteiger partial charge in [-0.15, -0.1) is 0 Å². The van der Waals surface area contributed by atoms with Gasteiger partial charge in [-0.05, 0) is 56.6 Å². The number of fused-ring (bicyclic) bond motifs is 1. The zero-order chi connectivity index (χ0) is 27.3. The minimum atomic E-state index is -3.40. The van der Waals surface area contributed by atoms with E-state index in [1.54, 1.807) is 18.3 Å². The highest BCUT2D eigenvalue weighted by Crippen LogP contribution is 2.30. The number of aromatic nitrogens is 2. The number of piperidine rings is 1. The maximum atomic E-state index is 13.5. The van der Waals surface area contributed by atoms with E-state index >= 15 is 0 Å². The van der Waals surface area contributed by atoms with Crippen LogP contribution in [0.25, 0.3) is 21.6 Å². The molecule has 10 heteroatoms. The summed E-state index contributed by atoms with van der Waals surface area (Å²) in [5.41, 5.74) is 4.51. The summed E-state index contributed by atoms with van der Waals surface area (Å²) in [5, 5.41) is 3.50. The van der Waals surface area contributed by atoms with Crippen LogP contribution in [0.3, 0.4) is 0 Å². The number of Topliss-reactive ketones (excluding diaryl/α,β-unsaturated/α-hetero) is 1. The van der Waals surface area contributed by atoms with Crippen molar-refractivity contribution < 1.29 is 18.0 Å². The van der Waals surface area contributed by atoms with Crippen molar-refractivity contribution in [3.8, 4) is 5.69 Å². The van der Waals surface area contributed by atoms with Crippen molar-refractivity contribution in [2.45, 2.75) is 32.6 Å². The monoisotopic (exact) mass is 533 g/mol. The first-order valence-electron chi connectivity index (χ1n) is 12.6. The molecule has 9 nitrogen and oxygen atoms in total. The predicted octanol–water partition coefficient (Wildman–Crippen LogP) is 3.77. The number of pyridine rings is 1. The molecule has 1 aliphatic heterocycles. The highest BCUT2D eigenvalue weighted by atomic mass is 32.2. The van der Waals surface area contributed by atoms with Gasteiger partial charge < -0.3 is 9.88 Å². The Bertz CT molecular complexity index is 1510. The number of likely N-dealkylation sites (tertiary alicyclic amines) is 1. The van der Waals surface area contributed by atoms with E-state index in [1.165, 1.54) is 6.42 Å². The first-order valence-corrected chi connectivity index (χ1v) is 14.3. The Hall–Kier alpha value is -3.81. The molecule has 1 fully saturated rings. The molecule has 1 amide bonds. The van der Waals surface area contributed by atoms with Gasteiger partial charge in [0.25, 0.3) is 0 Å². The maximum absolute atomic E-state index is 13.5. The lowest BCUT2D eigenvalue weighted by Gasteiger charge is -2.25. The Labute approximate surface area is 222 Å². The molecule has 3 aromatic rings. The minimum absolute atomic E-state index is 0.00680. The van der Waals surface area contributed by atoms with Crippen LogP contribution in [0.15, 0.2) is 48.5 Å². The highest BCUT2D eigenvalue weighted by molar-refractivity contribution is 7.94. The second-order valence-electron chi connectivity index (χ2n) is 9.46. The van der Waals surface area contributed by atoms with Crippen LogP contribution in [0.2, 0.25) is 0 Å². The van der Waals surface area contributed by atoms with Crippen molar-refractivity contribution in [3.05, 3.63) is 76.8 Å². The van der Waals surface area contributed by atoms with Crippen LogP contribution < -0.4 is 5.32 Å². The smallest absolute Gasteiger partial charge is 0.224 e. The molecule has 0 unspecified atom stereocenters. The Morgan fingerprint density at radius 1 is 1.18 bits per heavy atom. The van der Waals surface area contributed by atoms with Gasteiger partial charge in [-0.1, -0.05) is 25.1 Å². The number of carbonyl (C=O) groups is 2. The van der Waals surface area contributed by atoms with Crippen molar-refractivity contribution in [3.63, 3.8) is 0 Å². The third kappa shape index (κ3) is 6.18. The lowest BCUT2D eigenvalue weighted by Crippen LogP contribution is -2.34. The molecule has 0 bridgehead atoms. The van der Waals surface area contributed by atoms with E-state index in [0.717, 1.165) is 42.7 Å². The lowest BCUT2D eigenvalue weighted by atomic mass is 10.1. The molecule has 0 atom stereocenters. The van der Waals surface area contributed by atoms with Gasteiger partial charge >= 0.3 is 0 Å². The van der Waals surface area contributed by atoms with Crippen molar-refractivity contribution in [2.75, 3.05) is 31.9 Å². The van der Waals surface area contributed by atoms with Crippen molar-refractivity contribution in [1.29, 1.82) is 0 Å². The van der Waals surface area contributed by atoms with Crippen LogP contribution in [0, 0.1) is 13.5 Å². The van der Waals surface area contributed by atoms with Crippen molar-refractivity contribution in [2.24, 2.45) is 0 Å². The largest absolute Gasteiger partial charge is 0.355 e. The highest BCUT2D eigenvalue weighted by Gasteiger charge is 2.25. The number of sulfone groups is 1. The van der Waals surface area contributed by atoms with Gasteiger partial charge in [-0.25, -0.2) is 13.3 Å². The quantitative estimate of drug-likeness (QED) is 0.314. The minimum Gasteiger partial charge on any atom is -0.355 e. The maximum Gasteiger partial charge on any atom is 0.224 e. The molecule has 198 valence electrons. The van der Waals surface area contributed by atoms with Gasteiger partial charge in [0.2, 0.25) is 5.91 Å². The van der Waals surface area contributed by atoms with Crippen LogP contribution in [-0.4, -0.2) is 66.5 Å². The second kappa shape index (κ2) is 11.7. The summed E-state index contributed by atoms with van der Waals surface area (Å²) in [5.74, 6) is -0.541. The number of amides is 1. The SMILES string of the molecule is [C-]#[N+]c1ccc(-n2c(C)c(C(=O)CN3CCCCC3)c3ncc(CC(=O)NCCS(=O)(=O)C=C)cc32)cc1. The van der Waals surface area contributed by atoms with E-state index in [4.69, 9.17) is 6.57 Å². The van der Waals surface area contributed by atoms with E-state index in [2.05, 4.69) is 26.6 Å². The number of rotatable bonds is 10. The summed E-state index contributed by atoms with van der Waals surface area (Å²) in [6, 6.07) is 8.96. The van der Waals surface area contributed by atoms with Gasteiger partial charge in [0, 0.05) is 29.5 Å². The summed E-state index contributed by atoms with van der Waals surface area (Å²) >= 11 is 0. The Morgan fingerprint density at radius 2 is 1.89 bits per heavy atom. The van der Waals surface area contributed by atoms with Crippen molar-refractivity contribution >= 4 is 38.2 Å². The average Bonchev–Trinajstić information content (AvgIpc) is 3.20. The zero-order valence-electron chi connectivity index (χ0n) is 21.4. The lowest BCUT2D eigenvalue weighted by molar-refractivity contribution is -0.120. The zero-order valence-corrected chi connectivity index (χ0v) is 22.3. The summed E-state index contributed by atoms with van der Waals surface area (Å²) in [6.45, 7) is 14.5. The van der Waals surface area contributed by atoms with Crippen LogP contribution in [0.1, 0.15) is 40.9 Å². The number of ketones is 1. The molecule has 0 saturated carbocycles. The molecule has 2 aromatic heterocycles. The Morgan fingerprint density at radius 3 is 2.55 bits per heavy atom. The molecule has 1 aromatic carbocycles. The van der Waals surface area contributed by atoms with E-state index < -0.39 is 9.84 Å². The van der Waals surface area contributed by atoms with Crippen LogP contribution in [0.5, 0.6) is 0 Å². The Kier molecular flexibility index (Phi) is 8.39. The topological polar surface area (TPSA) is 106 Å². The molecule has 0 spiro atoms. The van der Waals surface area contributed by atoms with Crippen LogP contribution in [-0.2, 0) is 21.1 Å². The molecular formula is C28H31N5O4S. The van der Waals surface area contributed by atoms with Gasteiger partial charge in [-0.3, -0.25) is 19.5 Å². The molecule has 38 heavy (non-hydrogen) atoms. The van der Waals surface area contributed by atoms with Crippen molar-refractivity contribution in [1.82, 2.24) is 19.8 Å². The number of hydrogen-bond acceptors (Lipinski definition) is 6. The first-order chi connectivity index (χ1) is 18.2. The van der Waals surface area contributed by atoms with Gasteiger partial charge in [0.05, 0.1) is 41.9 Å². The van der Waals surface area contributed by atoms with Crippen LogP contribution in [0.4, 0.5) is 5.69 Å². The second-order valence-corrected chi connectivity index (χ2v) is 11.5. The fourth-order valence-corrected chi connectivity index (χ4v) is 5.38. The fourth-order valence-electron chi connectivity index (χ4n) is 4.82. The molecule has 4 rings (SSSR count). The molecule has 0 radical (unpaired) electrons. The average molecular weight is 534 g/mol. The third-order valence-electron chi connectivity index (χ3n) is 6.76. The molecule has 0 aliphatic carbocycles. The molecule has 1 saturated heterocycles. The Balaban J connectivity index is 1.67. The van der Waals surface area contributed by atoms with Gasteiger partial charge in [0.15, 0.2) is 21.3 Å².